The Balaban J connectivity index is 2.09. The Labute approximate surface area is 153 Å². The van der Waals surface area contributed by atoms with Crippen molar-refractivity contribution in [3.8, 4) is 0 Å². The van der Waals surface area contributed by atoms with Gasteiger partial charge in [-0.25, -0.2) is 4.99 Å². The molecule has 0 saturated carbocycles. The number of aryl methyl sites for hydroxylation is 2. The topological polar surface area (TPSA) is 67.1 Å². The minimum absolute atomic E-state index is 0.559. The second-order valence-corrected chi connectivity index (χ2v) is 6.57. The minimum Gasteiger partial charge on any atom is -0.353 e. The molecule has 1 aromatic carbocycles. The van der Waals surface area contributed by atoms with E-state index in [0.717, 1.165) is 17.6 Å². The molecule has 25 heavy (non-hydrogen) atoms. The van der Waals surface area contributed by atoms with Gasteiger partial charge in [-0.15, -0.1) is 28.5 Å². The van der Waals surface area contributed by atoms with E-state index in [0.29, 0.717) is 19.6 Å². The fourth-order valence-electron chi connectivity index (χ4n) is 2.26. The molecule has 2 N–H and O–H groups in total. The highest BCUT2D eigenvalue weighted by Crippen LogP contribution is 2.22. The average Bonchev–Trinajstić information content (AvgIpc) is 2.93. The summed E-state index contributed by atoms with van der Waals surface area (Å²) in [4.78, 5) is 5.96. The van der Waals surface area contributed by atoms with Crippen molar-refractivity contribution in [3.05, 3.63) is 53.6 Å². The molecule has 7 heteroatoms. The summed E-state index contributed by atoms with van der Waals surface area (Å²) in [6, 6.07) is 6.46. The fourth-order valence-corrected chi connectivity index (χ4v) is 2.96. The normalized spacial score (nSPS) is 11.4. The Kier molecular flexibility index (Phi) is 7.06. The summed E-state index contributed by atoms with van der Waals surface area (Å²) in [7, 11) is 1.96. The van der Waals surface area contributed by atoms with E-state index in [1.807, 2.05) is 24.6 Å². The van der Waals surface area contributed by atoms with Crippen LogP contribution in [-0.4, -0.2) is 33.5 Å². The maximum atomic E-state index is 4.70. The van der Waals surface area contributed by atoms with Crippen molar-refractivity contribution in [1.29, 1.82) is 0 Å². The molecule has 0 atom stereocenters. The number of nitrogens with one attached hydrogen (secondary N) is 2. The summed E-state index contributed by atoms with van der Waals surface area (Å²) >= 11 is 1.75. The van der Waals surface area contributed by atoms with Gasteiger partial charge in [-0.3, -0.25) is 0 Å². The molecule has 134 valence electrons. The van der Waals surface area contributed by atoms with E-state index in [4.69, 9.17) is 4.99 Å². The molecule has 0 unspecified atom stereocenters. The zero-order chi connectivity index (χ0) is 18.2. The van der Waals surface area contributed by atoms with Crippen LogP contribution in [0.15, 0.2) is 40.7 Å². The molecule has 0 radical (unpaired) electrons. The van der Waals surface area contributed by atoms with E-state index in [1.54, 1.807) is 11.8 Å². The molecule has 2 rings (SSSR count). The summed E-state index contributed by atoms with van der Waals surface area (Å²) in [5.74, 6) is 2.48. The number of benzene rings is 1. The number of aromatic nitrogens is 3. The molecule has 0 aliphatic rings. The number of guanidine groups is 1. The second-order valence-electron chi connectivity index (χ2n) is 5.73. The molecule has 1 heterocycles. The monoisotopic (exact) mass is 358 g/mol. The Morgan fingerprint density at radius 2 is 2.12 bits per heavy atom. The van der Waals surface area contributed by atoms with Gasteiger partial charge < -0.3 is 15.2 Å². The van der Waals surface area contributed by atoms with Gasteiger partial charge in [0.25, 0.3) is 0 Å². The van der Waals surface area contributed by atoms with Crippen LogP contribution in [0.3, 0.4) is 0 Å². The summed E-state index contributed by atoms with van der Waals surface area (Å²) in [6.45, 7) is 9.60. The Morgan fingerprint density at radius 3 is 2.76 bits per heavy atom. The molecule has 2 aromatic rings. The Hall–Kier alpha value is -2.28. The van der Waals surface area contributed by atoms with E-state index in [-0.39, 0.29) is 0 Å². The van der Waals surface area contributed by atoms with Crippen molar-refractivity contribution in [2.45, 2.75) is 31.8 Å². The molecule has 0 fully saturated rings. The SMILES string of the molecule is C=CCNC(=NCc1ccc(C)cc1SC)NCc1nnc(C)n1C. The molecule has 0 amide bonds. The fraction of sp³-hybridized carbons (Fsp3) is 0.389. The summed E-state index contributed by atoms with van der Waals surface area (Å²) in [6.07, 6.45) is 3.90. The van der Waals surface area contributed by atoms with Gasteiger partial charge in [0.2, 0.25) is 0 Å². The van der Waals surface area contributed by atoms with Crippen molar-refractivity contribution in [1.82, 2.24) is 25.4 Å². The summed E-state index contributed by atoms with van der Waals surface area (Å²) in [5.41, 5.74) is 2.48. The van der Waals surface area contributed by atoms with Crippen LogP contribution in [0.25, 0.3) is 0 Å². The van der Waals surface area contributed by atoms with E-state index in [9.17, 15) is 0 Å². The number of thioether (sulfide) groups is 1. The van der Waals surface area contributed by atoms with Gasteiger partial charge in [0.1, 0.15) is 5.82 Å². The third kappa shape index (κ3) is 5.35. The molecule has 0 bridgehead atoms. The largest absolute Gasteiger partial charge is 0.353 e. The first-order valence-electron chi connectivity index (χ1n) is 8.16. The van der Waals surface area contributed by atoms with Crippen LogP contribution < -0.4 is 10.6 Å². The van der Waals surface area contributed by atoms with Crippen molar-refractivity contribution in [2.75, 3.05) is 12.8 Å². The molecule has 6 nitrogen and oxygen atoms in total. The van der Waals surface area contributed by atoms with E-state index >= 15 is 0 Å². The van der Waals surface area contributed by atoms with Crippen molar-refractivity contribution >= 4 is 17.7 Å². The van der Waals surface area contributed by atoms with Gasteiger partial charge in [0.05, 0.1) is 13.1 Å². The van der Waals surface area contributed by atoms with Crippen molar-refractivity contribution in [2.24, 2.45) is 12.0 Å². The van der Waals surface area contributed by atoms with Crippen LogP contribution in [0.5, 0.6) is 0 Å². The van der Waals surface area contributed by atoms with Crippen LogP contribution >= 0.6 is 11.8 Å². The van der Waals surface area contributed by atoms with Crippen LogP contribution in [0, 0.1) is 13.8 Å². The maximum Gasteiger partial charge on any atom is 0.192 e. The lowest BCUT2D eigenvalue weighted by Gasteiger charge is -2.12. The second kappa shape index (κ2) is 9.27. The van der Waals surface area contributed by atoms with Gasteiger partial charge in [0, 0.05) is 18.5 Å². The molecule has 0 saturated heterocycles. The number of hydrogen-bond acceptors (Lipinski definition) is 4. The first-order valence-corrected chi connectivity index (χ1v) is 9.39. The lowest BCUT2D eigenvalue weighted by atomic mass is 10.1. The molecular weight excluding hydrogens is 332 g/mol. The predicted octanol–water partition coefficient (Wildman–Crippen LogP) is 2.58. The number of rotatable bonds is 7. The van der Waals surface area contributed by atoms with E-state index < -0.39 is 0 Å². The third-order valence-corrected chi connectivity index (χ3v) is 4.68. The molecule has 0 spiro atoms. The van der Waals surface area contributed by atoms with Crippen molar-refractivity contribution < 1.29 is 0 Å². The average molecular weight is 359 g/mol. The van der Waals surface area contributed by atoms with Gasteiger partial charge in [-0.1, -0.05) is 18.2 Å². The quantitative estimate of drug-likeness (QED) is 0.345. The van der Waals surface area contributed by atoms with Crippen LogP contribution in [0.4, 0.5) is 0 Å². The number of aliphatic imine (C=N–C) groups is 1. The third-order valence-electron chi connectivity index (χ3n) is 3.86. The maximum absolute atomic E-state index is 4.70. The van der Waals surface area contributed by atoms with Crippen molar-refractivity contribution in [3.63, 3.8) is 0 Å². The smallest absolute Gasteiger partial charge is 0.192 e. The molecule has 0 aliphatic heterocycles. The lowest BCUT2D eigenvalue weighted by molar-refractivity contribution is 0.721. The van der Waals surface area contributed by atoms with Crippen LogP contribution in [0.2, 0.25) is 0 Å². The Morgan fingerprint density at radius 1 is 1.32 bits per heavy atom. The molecular formula is C18H26N6S. The minimum atomic E-state index is 0.559. The van der Waals surface area contributed by atoms with Crippen LogP contribution in [-0.2, 0) is 20.1 Å². The Bertz CT molecular complexity index is 750. The van der Waals surface area contributed by atoms with Gasteiger partial charge in [-0.2, -0.15) is 0 Å². The standard InChI is InChI=1S/C18H26N6S/c1-6-9-19-18(21-12-17-23-22-14(3)24(17)4)20-11-15-8-7-13(2)10-16(15)25-5/h6-8,10H,1,9,11-12H2,2-5H3,(H2,19,20,21). The summed E-state index contributed by atoms with van der Waals surface area (Å²) in [5, 5.41) is 14.8. The summed E-state index contributed by atoms with van der Waals surface area (Å²) < 4.78 is 1.96. The molecule has 0 aliphatic carbocycles. The first kappa shape index (κ1) is 19.1. The zero-order valence-corrected chi connectivity index (χ0v) is 16.2. The number of nitrogens with zero attached hydrogens (tertiary/aromatic N) is 4. The van der Waals surface area contributed by atoms with Gasteiger partial charge in [-0.05, 0) is 37.3 Å². The first-order chi connectivity index (χ1) is 12.0. The molecule has 1 aromatic heterocycles. The zero-order valence-electron chi connectivity index (χ0n) is 15.3. The van der Waals surface area contributed by atoms with Gasteiger partial charge >= 0.3 is 0 Å². The highest BCUT2D eigenvalue weighted by molar-refractivity contribution is 7.98. The van der Waals surface area contributed by atoms with E-state index in [2.05, 4.69) is 58.8 Å². The van der Waals surface area contributed by atoms with Crippen LogP contribution in [0.1, 0.15) is 22.8 Å². The van der Waals surface area contributed by atoms with E-state index in [1.165, 1.54) is 16.0 Å². The highest BCUT2D eigenvalue weighted by Gasteiger charge is 2.07. The van der Waals surface area contributed by atoms with Gasteiger partial charge in [0.15, 0.2) is 11.8 Å². The lowest BCUT2D eigenvalue weighted by Crippen LogP contribution is -2.37. The number of hydrogen-bond donors (Lipinski definition) is 2. The predicted molar refractivity (Wildman–Crippen MR) is 105 cm³/mol. The highest BCUT2D eigenvalue weighted by atomic mass is 32.2.